The fourth-order valence-corrected chi connectivity index (χ4v) is 6.48. The first-order valence-electron chi connectivity index (χ1n) is 18.9. The number of carbonyl (C=O) groups is 2. The van der Waals surface area contributed by atoms with E-state index in [1.54, 1.807) is 0 Å². The predicted molar refractivity (Wildman–Crippen MR) is 194 cm³/mol. The molecule has 0 rings (SSSR count). The van der Waals surface area contributed by atoms with E-state index >= 15 is 0 Å². The van der Waals surface area contributed by atoms with Crippen molar-refractivity contribution < 1.29 is 72.0 Å². The molecule has 0 saturated heterocycles. The SMILES string of the molecule is CCCCCCCCCCCCCCCC(=O)OCC(COP(=O)(O)OCC[N+](C)(C)C)OC(=O)CCCCCCCCCCS(=O)(=O)O.[Br-]. The number of phosphoric ester groups is 1. The van der Waals surface area contributed by atoms with Gasteiger partial charge in [-0.3, -0.25) is 23.2 Å². The lowest BCUT2D eigenvalue weighted by Gasteiger charge is -2.24. The number of quaternary nitrogens is 1. The van der Waals surface area contributed by atoms with Gasteiger partial charge in [-0.25, -0.2) is 4.57 Å². The zero-order valence-corrected chi connectivity index (χ0v) is 34.9. The number of likely N-dealkylation sites (N-methyl/N-ethyl adjacent to an activating group) is 1. The smallest absolute Gasteiger partial charge is 0.472 e. The van der Waals surface area contributed by atoms with Gasteiger partial charge in [-0.2, -0.15) is 8.42 Å². The number of nitrogens with zero attached hydrogens (tertiary/aromatic N) is 1. The maximum absolute atomic E-state index is 12.5. The summed E-state index contributed by atoms with van der Waals surface area (Å²) in [6.07, 6.45) is 21.3. The second-order valence-electron chi connectivity index (χ2n) is 14.3. The van der Waals surface area contributed by atoms with Crippen LogP contribution in [0.5, 0.6) is 0 Å². The van der Waals surface area contributed by atoms with E-state index in [1.165, 1.54) is 57.8 Å². The van der Waals surface area contributed by atoms with E-state index < -0.39 is 42.6 Å². The lowest BCUT2D eigenvalue weighted by molar-refractivity contribution is -0.870. The van der Waals surface area contributed by atoms with E-state index in [9.17, 15) is 27.5 Å². The number of hydrogen-bond donors (Lipinski definition) is 2. The quantitative estimate of drug-likeness (QED) is 0.0285. The highest BCUT2D eigenvalue weighted by atomic mass is 79.9. The van der Waals surface area contributed by atoms with Crippen LogP contribution in [0.2, 0.25) is 0 Å². The molecular formula is C35H71BrNO11PS. The van der Waals surface area contributed by atoms with Crippen molar-refractivity contribution in [2.24, 2.45) is 0 Å². The van der Waals surface area contributed by atoms with Crippen LogP contribution in [0.15, 0.2) is 0 Å². The molecular weight excluding hydrogens is 753 g/mol. The molecule has 15 heteroatoms. The molecule has 0 fully saturated rings. The van der Waals surface area contributed by atoms with Crippen molar-refractivity contribution in [2.45, 2.75) is 161 Å². The van der Waals surface area contributed by atoms with Crippen molar-refractivity contribution in [1.82, 2.24) is 0 Å². The fraction of sp³-hybridized carbons (Fsp3) is 0.943. The third-order valence-corrected chi connectivity index (χ3v) is 9.97. The van der Waals surface area contributed by atoms with Gasteiger partial charge >= 0.3 is 19.8 Å². The number of ether oxygens (including phenoxy) is 2. The Balaban J connectivity index is 0. The molecule has 0 heterocycles. The number of unbranched alkanes of at least 4 members (excludes halogenated alkanes) is 19. The molecule has 0 aliphatic carbocycles. The van der Waals surface area contributed by atoms with E-state index in [4.69, 9.17) is 23.1 Å². The highest BCUT2D eigenvalue weighted by Gasteiger charge is 2.27. The summed E-state index contributed by atoms with van der Waals surface area (Å²) in [5, 5.41) is 0. The average molecular weight is 825 g/mol. The van der Waals surface area contributed by atoms with Crippen LogP contribution in [0.25, 0.3) is 0 Å². The van der Waals surface area contributed by atoms with Gasteiger partial charge in [-0.15, -0.1) is 0 Å². The van der Waals surface area contributed by atoms with Crippen LogP contribution in [0.3, 0.4) is 0 Å². The summed E-state index contributed by atoms with van der Waals surface area (Å²) in [4.78, 5) is 35.1. The van der Waals surface area contributed by atoms with Gasteiger partial charge in [-0.1, -0.05) is 122 Å². The van der Waals surface area contributed by atoms with Gasteiger partial charge in [-0.05, 0) is 19.3 Å². The van der Waals surface area contributed by atoms with Crippen molar-refractivity contribution >= 4 is 29.9 Å². The Hall–Kier alpha value is -0.600. The molecule has 0 aliphatic rings. The summed E-state index contributed by atoms with van der Waals surface area (Å²) in [5.74, 6) is -1.13. The number of esters is 2. The van der Waals surface area contributed by atoms with Crippen molar-refractivity contribution in [3.8, 4) is 0 Å². The standard InChI is InChI=1S/C35H70NO11PS.BrH/c1-5-6-7-8-9-10-11-12-13-14-17-20-23-26-34(37)44-31-33(32-46-48(39,40)45-29-28-36(2,3)4)47-35(38)27-24-21-18-15-16-19-22-25-30-49(41,42)43;/h33H,5-32H2,1-4H3,(H-,39,40,41,42,43);1H. The van der Waals surface area contributed by atoms with E-state index in [1.807, 2.05) is 21.1 Å². The van der Waals surface area contributed by atoms with Crippen molar-refractivity contribution in [3.05, 3.63) is 0 Å². The molecule has 2 unspecified atom stereocenters. The summed E-state index contributed by atoms with van der Waals surface area (Å²) in [6, 6.07) is 0. The molecule has 12 nitrogen and oxygen atoms in total. The van der Waals surface area contributed by atoms with E-state index in [0.717, 1.165) is 57.8 Å². The molecule has 0 spiro atoms. The van der Waals surface area contributed by atoms with Crippen molar-refractivity contribution in [1.29, 1.82) is 0 Å². The van der Waals surface area contributed by atoms with E-state index in [0.29, 0.717) is 30.3 Å². The van der Waals surface area contributed by atoms with Crippen LogP contribution < -0.4 is 17.0 Å². The first-order chi connectivity index (χ1) is 23.1. The predicted octanol–water partition coefficient (Wildman–Crippen LogP) is 5.17. The average Bonchev–Trinajstić information content (AvgIpc) is 3.00. The fourth-order valence-electron chi connectivity index (χ4n) is 5.17. The Kier molecular flexibility index (Phi) is 32.8. The molecule has 2 atom stereocenters. The summed E-state index contributed by atoms with van der Waals surface area (Å²) in [6.45, 7) is 1.99. The zero-order valence-electron chi connectivity index (χ0n) is 31.6. The largest absolute Gasteiger partial charge is 1.00 e. The highest BCUT2D eigenvalue weighted by molar-refractivity contribution is 7.85. The minimum absolute atomic E-state index is 0. The van der Waals surface area contributed by atoms with Crippen molar-refractivity contribution in [3.63, 3.8) is 0 Å². The molecule has 0 saturated carbocycles. The zero-order chi connectivity index (χ0) is 36.9. The highest BCUT2D eigenvalue weighted by Crippen LogP contribution is 2.43. The summed E-state index contributed by atoms with van der Waals surface area (Å²) < 4.78 is 64.2. The van der Waals surface area contributed by atoms with Gasteiger partial charge in [0.1, 0.15) is 19.8 Å². The number of halogens is 1. The molecule has 0 aromatic heterocycles. The lowest BCUT2D eigenvalue weighted by atomic mass is 10.0. The Morgan fingerprint density at radius 1 is 0.660 bits per heavy atom. The van der Waals surface area contributed by atoms with Crippen LogP contribution in [0.4, 0.5) is 0 Å². The Morgan fingerprint density at radius 2 is 1.08 bits per heavy atom. The third-order valence-electron chi connectivity index (χ3n) is 8.19. The van der Waals surface area contributed by atoms with Gasteiger partial charge in [0.25, 0.3) is 10.1 Å². The topological polar surface area (TPSA) is 163 Å². The molecule has 2 N–H and O–H groups in total. The molecule has 300 valence electrons. The van der Waals surface area contributed by atoms with Gasteiger partial charge < -0.3 is 35.8 Å². The van der Waals surface area contributed by atoms with Gasteiger partial charge in [0, 0.05) is 12.8 Å². The molecule has 0 radical (unpaired) electrons. The maximum Gasteiger partial charge on any atom is 0.472 e. The van der Waals surface area contributed by atoms with Crippen LogP contribution >= 0.6 is 7.82 Å². The Bertz CT molecular complexity index is 996. The molecule has 0 aliphatic heterocycles. The van der Waals surface area contributed by atoms with E-state index in [-0.39, 0.29) is 48.8 Å². The number of hydrogen-bond acceptors (Lipinski definition) is 9. The second-order valence-corrected chi connectivity index (χ2v) is 17.3. The van der Waals surface area contributed by atoms with Crippen LogP contribution in [0.1, 0.15) is 155 Å². The molecule has 0 amide bonds. The number of phosphoric acid groups is 1. The molecule has 0 aromatic rings. The molecule has 50 heavy (non-hydrogen) atoms. The van der Waals surface area contributed by atoms with Crippen LogP contribution in [-0.4, -0.2) is 93.7 Å². The lowest BCUT2D eigenvalue weighted by Crippen LogP contribution is -3.00. The van der Waals surface area contributed by atoms with Gasteiger partial charge in [0.15, 0.2) is 6.10 Å². The van der Waals surface area contributed by atoms with Crippen LogP contribution in [-0.2, 0) is 42.8 Å². The van der Waals surface area contributed by atoms with Gasteiger partial charge in [0.05, 0.1) is 33.5 Å². The minimum atomic E-state index is -4.40. The van der Waals surface area contributed by atoms with Crippen molar-refractivity contribution in [2.75, 3.05) is 53.3 Å². The van der Waals surface area contributed by atoms with Gasteiger partial charge in [0.2, 0.25) is 0 Å². The third kappa shape index (κ3) is 38.6. The first-order valence-corrected chi connectivity index (χ1v) is 22.0. The molecule has 0 bridgehead atoms. The summed E-state index contributed by atoms with van der Waals surface area (Å²) in [5.41, 5.74) is 0. The monoisotopic (exact) mass is 823 g/mol. The number of rotatable bonds is 35. The first kappa shape index (κ1) is 51.5. The summed E-state index contributed by atoms with van der Waals surface area (Å²) >= 11 is 0. The Morgan fingerprint density at radius 3 is 1.52 bits per heavy atom. The number of carbonyl (C=O) groups excluding carboxylic acids is 2. The normalized spacial score (nSPS) is 13.7. The van der Waals surface area contributed by atoms with Crippen LogP contribution in [0, 0.1) is 0 Å². The second kappa shape index (κ2) is 31.9. The minimum Gasteiger partial charge on any atom is -1.00 e. The summed E-state index contributed by atoms with van der Waals surface area (Å²) in [7, 11) is -2.53. The van der Waals surface area contributed by atoms with E-state index in [2.05, 4.69) is 6.92 Å². The maximum atomic E-state index is 12.5. The Labute approximate surface area is 314 Å². The molecule has 0 aromatic carbocycles.